The van der Waals surface area contributed by atoms with Crippen molar-refractivity contribution in [3.63, 3.8) is 0 Å². The second-order valence-corrected chi connectivity index (χ2v) is 6.68. The van der Waals surface area contributed by atoms with Gasteiger partial charge in [0, 0.05) is 17.5 Å². The summed E-state index contributed by atoms with van der Waals surface area (Å²) in [6.45, 7) is 3.36. The molecule has 1 atom stereocenters. The number of hydrogen-bond donors (Lipinski definition) is 1. The molecule has 0 bridgehead atoms. The van der Waals surface area contributed by atoms with Crippen molar-refractivity contribution in [1.29, 1.82) is 0 Å². The summed E-state index contributed by atoms with van der Waals surface area (Å²) in [7, 11) is -3.03. The van der Waals surface area contributed by atoms with E-state index in [0.29, 0.717) is 5.69 Å². The topological polar surface area (TPSA) is 46.2 Å². The number of hydrogen-bond acceptors (Lipinski definition) is 3. The summed E-state index contributed by atoms with van der Waals surface area (Å²) in [5.41, 5.74) is 0.607. The van der Waals surface area contributed by atoms with Gasteiger partial charge in [0.15, 0.2) is 9.84 Å². The third-order valence-corrected chi connectivity index (χ3v) is 4.45. The minimum atomic E-state index is -3.03. The van der Waals surface area contributed by atoms with Crippen molar-refractivity contribution in [2.24, 2.45) is 0 Å². The summed E-state index contributed by atoms with van der Waals surface area (Å²) in [6.07, 6.45) is 0. The van der Waals surface area contributed by atoms with Gasteiger partial charge < -0.3 is 5.32 Å². The summed E-state index contributed by atoms with van der Waals surface area (Å²) in [5.74, 6) is -0.340. The molecule has 0 heterocycles. The Kier molecular flexibility index (Phi) is 4.77. The number of sulfone groups is 1. The quantitative estimate of drug-likeness (QED) is 0.901. The van der Waals surface area contributed by atoms with Gasteiger partial charge in [0.25, 0.3) is 0 Å². The average molecular weight is 280 g/mol. The normalized spacial score (nSPS) is 13.4. The van der Waals surface area contributed by atoms with Gasteiger partial charge in [-0.25, -0.2) is 12.8 Å². The second kappa shape index (κ2) is 5.69. The van der Waals surface area contributed by atoms with Crippen LogP contribution in [-0.2, 0) is 9.84 Å². The molecule has 0 spiro atoms. The lowest BCUT2D eigenvalue weighted by Crippen LogP contribution is -2.26. The van der Waals surface area contributed by atoms with Crippen LogP contribution < -0.4 is 5.32 Å². The Bertz CT molecular complexity index is 490. The molecular weight excluding hydrogens is 265 g/mol. The van der Waals surface area contributed by atoms with Crippen LogP contribution in [0.2, 0.25) is 5.02 Å². The molecule has 0 amide bonds. The molecule has 0 aliphatic carbocycles. The number of nitrogens with one attached hydrogen (secondary N) is 1. The molecule has 1 unspecified atom stereocenters. The van der Waals surface area contributed by atoms with E-state index in [-0.39, 0.29) is 22.6 Å². The van der Waals surface area contributed by atoms with Crippen LogP contribution >= 0.6 is 11.6 Å². The standard InChI is InChI=1S/C11H15ClFNO2S/c1-3-17(15,16)7-8(2)14-9-4-5-11(13)10(12)6-9/h4-6,8,14H,3,7H2,1-2H3. The Hall–Kier alpha value is -0.810. The molecule has 0 aliphatic rings. The molecule has 0 aromatic heterocycles. The first-order valence-electron chi connectivity index (χ1n) is 5.26. The van der Waals surface area contributed by atoms with Crippen LogP contribution in [-0.4, -0.2) is 26.0 Å². The minimum Gasteiger partial charge on any atom is -0.382 e. The molecule has 1 rings (SSSR count). The van der Waals surface area contributed by atoms with Crippen LogP contribution in [0, 0.1) is 5.82 Å². The fourth-order valence-corrected chi connectivity index (χ4v) is 2.67. The lowest BCUT2D eigenvalue weighted by molar-refractivity contribution is 0.593. The van der Waals surface area contributed by atoms with E-state index in [9.17, 15) is 12.8 Å². The lowest BCUT2D eigenvalue weighted by Gasteiger charge is -2.15. The van der Waals surface area contributed by atoms with Crippen molar-refractivity contribution in [1.82, 2.24) is 0 Å². The largest absolute Gasteiger partial charge is 0.382 e. The number of anilines is 1. The third-order valence-electron chi connectivity index (χ3n) is 2.28. The molecule has 0 saturated carbocycles. The first-order chi connectivity index (χ1) is 7.84. The summed E-state index contributed by atoms with van der Waals surface area (Å²) in [4.78, 5) is 0. The van der Waals surface area contributed by atoms with E-state index < -0.39 is 15.7 Å². The monoisotopic (exact) mass is 279 g/mol. The summed E-state index contributed by atoms with van der Waals surface area (Å²) in [6, 6.07) is 3.95. The van der Waals surface area contributed by atoms with Crippen molar-refractivity contribution in [3.8, 4) is 0 Å². The molecule has 1 aromatic carbocycles. The maximum atomic E-state index is 12.9. The van der Waals surface area contributed by atoms with Gasteiger partial charge in [-0.05, 0) is 25.1 Å². The van der Waals surface area contributed by atoms with Crippen LogP contribution in [0.25, 0.3) is 0 Å². The Morgan fingerprint density at radius 1 is 1.47 bits per heavy atom. The zero-order valence-corrected chi connectivity index (χ0v) is 11.3. The second-order valence-electron chi connectivity index (χ2n) is 3.87. The maximum Gasteiger partial charge on any atom is 0.152 e. The predicted molar refractivity (Wildman–Crippen MR) is 68.8 cm³/mol. The van der Waals surface area contributed by atoms with Crippen LogP contribution in [0.5, 0.6) is 0 Å². The van der Waals surface area contributed by atoms with Crippen LogP contribution in [0.4, 0.5) is 10.1 Å². The highest BCUT2D eigenvalue weighted by Gasteiger charge is 2.13. The molecular formula is C11H15ClFNO2S. The summed E-state index contributed by atoms with van der Waals surface area (Å²) >= 11 is 5.62. The maximum absolute atomic E-state index is 12.9. The SMILES string of the molecule is CCS(=O)(=O)CC(C)Nc1ccc(F)c(Cl)c1. The summed E-state index contributed by atoms with van der Waals surface area (Å²) in [5, 5.41) is 2.98. The molecule has 3 nitrogen and oxygen atoms in total. The highest BCUT2D eigenvalue weighted by molar-refractivity contribution is 7.91. The lowest BCUT2D eigenvalue weighted by atomic mass is 10.3. The van der Waals surface area contributed by atoms with Gasteiger partial charge in [-0.15, -0.1) is 0 Å². The smallest absolute Gasteiger partial charge is 0.152 e. The fourth-order valence-electron chi connectivity index (χ4n) is 1.41. The molecule has 17 heavy (non-hydrogen) atoms. The highest BCUT2D eigenvalue weighted by Crippen LogP contribution is 2.20. The third kappa shape index (κ3) is 4.52. The van der Waals surface area contributed by atoms with Gasteiger partial charge in [-0.2, -0.15) is 0 Å². The molecule has 96 valence electrons. The molecule has 0 radical (unpaired) electrons. The number of halogens is 2. The van der Waals surface area contributed by atoms with Crippen LogP contribution in [0.15, 0.2) is 18.2 Å². The Morgan fingerprint density at radius 2 is 2.12 bits per heavy atom. The number of benzene rings is 1. The molecule has 1 aromatic rings. The van der Waals surface area contributed by atoms with Crippen molar-refractivity contribution < 1.29 is 12.8 Å². The fraction of sp³-hybridized carbons (Fsp3) is 0.455. The van der Waals surface area contributed by atoms with Gasteiger partial charge in [-0.1, -0.05) is 18.5 Å². The molecule has 6 heteroatoms. The van der Waals surface area contributed by atoms with Crippen LogP contribution in [0.1, 0.15) is 13.8 Å². The molecule has 1 N–H and O–H groups in total. The van der Waals surface area contributed by atoms with Gasteiger partial charge in [0.1, 0.15) is 5.82 Å². The number of rotatable bonds is 5. The molecule has 0 aliphatic heterocycles. The van der Waals surface area contributed by atoms with Gasteiger partial charge >= 0.3 is 0 Å². The van der Waals surface area contributed by atoms with E-state index in [0.717, 1.165) is 0 Å². The van der Waals surface area contributed by atoms with Crippen molar-refractivity contribution in [2.45, 2.75) is 19.9 Å². The molecule has 0 fully saturated rings. The van der Waals surface area contributed by atoms with E-state index in [1.165, 1.54) is 18.2 Å². The van der Waals surface area contributed by atoms with Gasteiger partial charge in [-0.3, -0.25) is 0 Å². The van der Waals surface area contributed by atoms with Crippen molar-refractivity contribution >= 4 is 27.1 Å². The van der Waals surface area contributed by atoms with Gasteiger partial charge in [0.05, 0.1) is 10.8 Å². The Morgan fingerprint density at radius 3 is 2.65 bits per heavy atom. The van der Waals surface area contributed by atoms with E-state index in [1.54, 1.807) is 13.8 Å². The molecule has 0 saturated heterocycles. The summed E-state index contributed by atoms with van der Waals surface area (Å²) < 4.78 is 35.7. The van der Waals surface area contributed by atoms with Crippen LogP contribution in [0.3, 0.4) is 0 Å². The predicted octanol–water partition coefficient (Wildman–Crippen LogP) is 2.71. The zero-order chi connectivity index (χ0) is 13.1. The minimum absolute atomic E-state index is 0.0144. The highest BCUT2D eigenvalue weighted by atomic mass is 35.5. The van der Waals surface area contributed by atoms with E-state index in [1.807, 2.05) is 0 Å². The van der Waals surface area contributed by atoms with Crippen molar-refractivity contribution in [3.05, 3.63) is 29.0 Å². The first-order valence-corrected chi connectivity index (χ1v) is 7.46. The van der Waals surface area contributed by atoms with E-state index >= 15 is 0 Å². The van der Waals surface area contributed by atoms with Gasteiger partial charge in [0.2, 0.25) is 0 Å². The Labute approximate surface area is 106 Å². The zero-order valence-electron chi connectivity index (χ0n) is 9.70. The van der Waals surface area contributed by atoms with E-state index in [2.05, 4.69) is 5.32 Å². The first kappa shape index (κ1) is 14.3. The average Bonchev–Trinajstić information content (AvgIpc) is 2.23. The van der Waals surface area contributed by atoms with E-state index in [4.69, 9.17) is 11.6 Å². The van der Waals surface area contributed by atoms with Crippen molar-refractivity contribution in [2.75, 3.05) is 16.8 Å². The Balaban J connectivity index is 2.68.